The number of rotatable bonds is 11. The van der Waals surface area contributed by atoms with E-state index in [-0.39, 0.29) is 0 Å². The first kappa shape index (κ1) is 18.7. The summed E-state index contributed by atoms with van der Waals surface area (Å²) in [5.41, 5.74) is 1.52. The van der Waals surface area contributed by atoms with E-state index in [2.05, 4.69) is 38.7 Å². The second-order valence-corrected chi connectivity index (χ2v) is 4.72. The largest absolute Gasteiger partial charge is 0.411 e. The zero-order valence-corrected chi connectivity index (χ0v) is 13.4. The van der Waals surface area contributed by atoms with Gasteiger partial charge in [-0.05, 0) is 15.9 Å². The zero-order chi connectivity index (χ0) is 16.9. The van der Waals surface area contributed by atoms with Crippen molar-refractivity contribution in [2.24, 2.45) is 10.3 Å². The van der Waals surface area contributed by atoms with Crippen LogP contribution in [0, 0.1) is 0 Å². The van der Waals surface area contributed by atoms with Crippen LogP contribution in [0.15, 0.2) is 58.9 Å². The minimum atomic E-state index is 0.316. The number of aromatic nitrogens is 2. The maximum absolute atomic E-state index is 9.30. The molecule has 0 aliphatic heterocycles. The van der Waals surface area contributed by atoms with E-state index < -0.39 is 0 Å². The van der Waals surface area contributed by atoms with E-state index in [4.69, 9.17) is 9.77 Å². The van der Waals surface area contributed by atoms with Crippen molar-refractivity contribution < 1.29 is 9.84 Å². The van der Waals surface area contributed by atoms with Gasteiger partial charge in [0.15, 0.2) is 11.5 Å². The number of anilines is 1. The van der Waals surface area contributed by atoms with E-state index >= 15 is 0 Å². The highest BCUT2D eigenvalue weighted by Gasteiger charge is 2.17. The van der Waals surface area contributed by atoms with Crippen molar-refractivity contribution in [1.29, 1.82) is 0 Å². The fraction of sp³-hybridized carbons (Fsp3) is 0.214. The van der Waals surface area contributed by atoms with Gasteiger partial charge in [-0.25, -0.2) is 9.35 Å². The van der Waals surface area contributed by atoms with Crippen LogP contribution in [0.25, 0.3) is 0 Å². The van der Waals surface area contributed by atoms with Crippen LogP contribution in [0.3, 0.4) is 0 Å². The Bertz CT molecular complexity index is 594. The first-order valence-electron chi connectivity index (χ1n) is 6.73. The SMILES string of the molecule is C=C/C=C\C(=C/C=C)C/C(=N\O)c1nonc1NCCNSN. The third-order valence-corrected chi connectivity index (χ3v) is 3.01. The van der Waals surface area contributed by atoms with Crippen molar-refractivity contribution in [1.82, 2.24) is 15.0 Å². The van der Waals surface area contributed by atoms with Crippen molar-refractivity contribution in [2.45, 2.75) is 6.42 Å². The highest BCUT2D eigenvalue weighted by atomic mass is 32.2. The number of hydrogen-bond donors (Lipinski definition) is 4. The maximum Gasteiger partial charge on any atom is 0.200 e. The molecule has 0 fully saturated rings. The van der Waals surface area contributed by atoms with Gasteiger partial charge in [0, 0.05) is 31.6 Å². The maximum atomic E-state index is 9.30. The number of oxime groups is 1. The Labute approximate surface area is 139 Å². The van der Waals surface area contributed by atoms with Crippen molar-refractivity contribution in [2.75, 3.05) is 18.4 Å². The molecule has 0 amide bonds. The topological polar surface area (TPSA) is 122 Å². The predicted octanol–water partition coefficient (Wildman–Crippen LogP) is 2.02. The average molecular weight is 336 g/mol. The number of hydrogen-bond acceptors (Lipinski definition) is 9. The van der Waals surface area contributed by atoms with Gasteiger partial charge in [-0.3, -0.25) is 5.14 Å². The van der Waals surface area contributed by atoms with E-state index in [0.717, 1.165) is 17.7 Å². The molecular formula is C14H20N6O2S. The van der Waals surface area contributed by atoms with Crippen LogP contribution < -0.4 is 15.2 Å². The Morgan fingerprint density at radius 1 is 1.35 bits per heavy atom. The van der Waals surface area contributed by atoms with E-state index in [9.17, 15) is 5.21 Å². The van der Waals surface area contributed by atoms with Crippen molar-refractivity contribution >= 4 is 23.7 Å². The summed E-state index contributed by atoms with van der Waals surface area (Å²) in [6.07, 6.45) is 9.04. The number of nitrogens with zero attached hydrogens (tertiary/aromatic N) is 3. The van der Waals surface area contributed by atoms with Crippen LogP contribution in [0.5, 0.6) is 0 Å². The van der Waals surface area contributed by atoms with Crippen LogP contribution in [0.4, 0.5) is 5.82 Å². The second-order valence-electron chi connectivity index (χ2n) is 4.20. The van der Waals surface area contributed by atoms with Gasteiger partial charge in [-0.15, -0.1) is 0 Å². The van der Waals surface area contributed by atoms with Gasteiger partial charge >= 0.3 is 0 Å². The Morgan fingerprint density at radius 2 is 2.17 bits per heavy atom. The summed E-state index contributed by atoms with van der Waals surface area (Å²) in [7, 11) is 0. The molecule has 0 aliphatic rings. The molecule has 0 atom stereocenters. The highest BCUT2D eigenvalue weighted by Crippen LogP contribution is 2.16. The van der Waals surface area contributed by atoms with Crippen LogP contribution >= 0.6 is 12.1 Å². The third kappa shape index (κ3) is 6.51. The molecule has 0 unspecified atom stereocenters. The molecule has 0 spiro atoms. The molecule has 23 heavy (non-hydrogen) atoms. The molecule has 124 valence electrons. The highest BCUT2D eigenvalue weighted by molar-refractivity contribution is 7.95. The van der Waals surface area contributed by atoms with Gasteiger partial charge in [0.25, 0.3) is 0 Å². The minimum Gasteiger partial charge on any atom is -0.411 e. The summed E-state index contributed by atoms with van der Waals surface area (Å²) < 4.78 is 7.61. The third-order valence-electron chi connectivity index (χ3n) is 2.64. The molecule has 0 radical (unpaired) electrons. The van der Waals surface area contributed by atoms with Crippen molar-refractivity contribution in [3.8, 4) is 0 Å². The van der Waals surface area contributed by atoms with Crippen LogP contribution in [0.1, 0.15) is 12.1 Å². The number of allylic oxidation sites excluding steroid dienone is 6. The smallest absolute Gasteiger partial charge is 0.200 e. The second kappa shape index (κ2) is 11.2. The van der Waals surface area contributed by atoms with Gasteiger partial charge in [0.1, 0.15) is 5.71 Å². The molecule has 1 heterocycles. The lowest BCUT2D eigenvalue weighted by molar-refractivity contribution is 0.304. The monoisotopic (exact) mass is 336 g/mol. The molecule has 0 aromatic carbocycles. The molecule has 1 aromatic heterocycles. The standard InChI is InChI=1S/C14H20N6O2S/c1-3-5-7-11(6-4-2)10-12(18-21)13-14(20-22-19-13)16-8-9-17-23-15/h3-7,17,21H,1-2,8-10,15H2,(H,16,20)/b7-5-,11-6+,18-12+. The molecule has 9 heteroatoms. The summed E-state index contributed by atoms with van der Waals surface area (Å²) >= 11 is 1.03. The normalized spacial score (nSPS) is 12.6. The quantitative estimate of drug-likeness (QED) is 0.121. The molecule has 1 rings (SSSR count). The van der Waals surface area contributed by atoms with Crippen molar-refractivity contribution in [3.05, 3.63) is 54.8 Å². The molecule has 0 bridgehead atoms. The summed E-state index contributed by atoms with van der Waals surface area (Å²) in [6.45, 7) is 8.45. The van der Waals surface area contributed by atoms with Gasteiger partial charge in [0.2, 0.25) is 0 Å². The van der Waals surface area contributed by atoms with Gasteiger partial charge in [0.05, 0.1) is 0 Å². The minimum absolute atomic E-state index is 0.316. The van der Waals surface area contributed by atoms with E-state index in [1.807, 2.05) is 6.08 Å². The van der Waals surface area contributed by atoms with Gasteiger partial charge in [-0.1, -0.05) is 48.7 Å². The van der Waals surface area contributed by atoms with Crippen LogP contribution in [-0.2, 0) is 0 Å². The number of nitrogens with two attached hydrogens (primary N) is 1. The van der Waals surface area contributed by atoms with Gasteiger partial charge < -0.3 is 10.5 Å². The molecule has 5 N–H and O–H groups in total. The lowest BCUT2D eigenvalue weighted by Gasteiger charge is -2.06. The molecule has 0 saturated heterocycles. The summed E-state index contributed by atoms with van der Waals surface area (Å²) in [5, 5.41) is 28.5. The summed E-state index contributed by atoms with van der Waals surface area (Å²) in [6, 6.07) is 0. The van der Waals surface area contributed by atoms with E-state index in [1.165, 1.54) is 0 Å². The van der Waals surface area contributed by atoms with Gasteiger partial charge in [-0.2, -0.15) is 0 Å². The number of nitrogens with one attached hydrogen (secondary N) is 2. The Hall–Kier alpha value is -2.36. The Morgan fingerprint density at radius 3 is 2.83 bits per heavy atom. The van der Waals surface area contributed by atoms with Crippen LogP contribution in [0.2, 0.25) is 0 Å². The Balaban J connectivity index is 2.84. The molecule has 8 nitrogen and oxygen atoms in total. The molecule has 1 aromatic rings. The van der Waals surface area contributed by atoms with Crippen LogP contribution in [-0.4, -0.2) is 34.3 Å². The fourth-order valence-electron chi connectivity index (χ4n) is 1.66. The fourth-order valence-corrected chi connectivity index (χ4v) is 1.88. The van der Waals surface area contributed by atoms with E-state index in [0.29, 0.717) is 36.7 Å². The zero-order valence-electron chi connectivity index (χ0n) is 12.6. The van der Waals surface area contributed by atoms with Crippen molar-refractivity contribution in [3.63, 3.8) is 0 Å². The lowest BCUT2D eigenvalue weighted by Crippen LogP contribution is -2.19. The summed E-state index contributed by atoms with van der Waals surface area (Å²) in [4.78, 5) is 0. The first-order chi connectivity index (χ1) is 11.3. The Kier molecular flexibility index (Phi) is 9.13. The van der Waals surface area contributed by atoms with E-state index in [1.54, 1.807) is 24.3 Å². The average Bonchev–Trinajstić information content (AvgIpc) is 3.02. The first-order valence-corrected chi connectivity index (χ1v) is 7.61. The lowest BCUT2D eigenvalue weighted by atomic mass is 10.1. The molecule has 0 aliphatic carbocycles. The summed E-state index contributed by atoms with van der Waals surface area (Å²) in [5.74, 6) is 0.396. The molecule has 0 saturated carbocycles. The predicted molar refractivity (Wildman–Crippen MR) is 93.1 cm³/mol. The molecular weight excluding hydrogens is 316 g/mol.